The minimum atomic E-state index is -0.817. The van der Waals surface area contributed by atoms with Gasteiger partial charge in [0.1, 0.15) is 11.9 Å². The van der Waals surface area contributed by atoms with Crippen LogP contribution >= 0.6 is 0 Å². The molecular weight excluding hydrogens is 322 g/mol. The molecule has 0 saturated carbocycles. The third-order valence-electron chi connectivity index (χ3n) is 2.66. The maximum Gasteiger partial charge on any atom is 0.514 e. The van der Waals surface area contributed by atoms with Gasteiger partial charge in [0, 0.05) is 12.1 Å². The van der Waals surface area contributed by atoms with E-state index in [0.717, 1.165) is 12.8 Å². The molecule has 0 spiro atoms. The molecule has 6 nitrogen and oxygen atoms in total. The van der Waals surface area contributed by atoms with Crippen LogP contribution in [0, 0.1) is 10.1 Å². The van der Waals surface area contributed by atoms with Gasteiger partial charge in [-0.1, -0.05) is 54.0 Å². The van der Waals surface area contributed by atoms with E-state index < -0.39 is 11.1 Å². The van der Waals surface area contributed by atoms with Crippen LogP contribution in [-0.4, -0.2) is 17.2 Å². The lowest BCUT2D eigenvalue weighted by Crippen LogP contribution is -2.19. The van der Waals surface area contributed by atoms with Gasteiger partial charge in [0.2, 0.25) is 0 Å². The van der Waals surface area contributed by atoms with Gasteiger partial charge in [-0.05, 0) is 31.1 Å². The Morgan fingerprint density at radius 2 is 1.76 bits per heavy atom. The standard InChI is InChI=1S/C15H19NO5.C3H8.CH4/c1-3-5-7-13(6-4-2)20-15(17)21-14-10-8-12(9-11-14)16(18)19;1-3-2;/h5,7-11,13H,3-4,6H2,1-2H3;3H2,1-2H3;1H4/b7-5+;;. The summed E-state index contributed by atoms with van der Waals surface area (Å²) < 4.78 is 10.2. The Kier molecular flexibility index (Phi) is 15.1. The molecule has 1 unspecified atom stereocenters. The maximum absolute atomic E-state index is 11.7. The fourth-order valence-electron chi connectivity index (χ4n) is 1.65. The zero-order valence-corrected chi connectivity index (χ0v) is 14.9. The molecule has 6 heteroatoms. The van der Waals surface area contributed by atoms with Gasteiger partial charge in [0.15, 0.2) is 0 Å². The number of nitro groups is 1. The number of hydrogen-bond acceptors (Lipinski definition) is 5. The summed E-state index contributed by atoms with van der Waals surface area (Å²) in [5.74, 6) is 0.209. The van der Waals surface area contributed by atoms with Crippen LogP contribution < -0.4 is 4.74 Å². The molecule has 0 fully saturated rings. The lowest BCUT2D eigenvalue weighted by molar-refractivity contribution is -0.384. The van der Waals surface area contributed by atoms with E-state index in [1.807, 2.05) is 26.0 Å². The Labute approximate surface area is 151 Å². The largest absolute Gasteiger partial charge is 0.514 e. The number of allylic oxidation sites excluding steroid dienone is 1. The van der Waals surface area contributed by atoms with Gasteiger partial charge in [0.05, 0.1) is 4.92 Å². The van der Waals surface area contributed by atoms with E-state index in [-0.39, 0.29) is 25.0 Å². The van der Waals surface area contributed by atoms with Crippen LogP contribution in [0.5, 0.6) is 5.75 Å². The van der Waals surface area contributed by atoms with Crippen LogP contribution in [0.25, 0.3) is 0 Å². The van der Waals surface area contributed by atoms with Gasteiger partial charge >= 0.3 is 6.16 Å². The van der Waals surface area contributed by atoms with Gasteiger partial charge in [-0.2, -0.15) is 0 Å². The van der Waals surface area contributed by atoms with Crippen molar-refractivity contribution in [2.75, 3.05) is 0 Å². The monoisotopic (exact) mass is 353 g/mol. The summed E-state index contributed by atoms with van der Waals surface area (Å²) in [6, 6.07) is 5.25. The SMILES string of the molecule is C.CC/C=C/C(CCC)OC(=O)Oc1ccc([N+](=O)[O-])cc1.CCC. The zero-order chi connectivity index (χ0) is 18.4. The minimum absolute atomic E-state index is 0. The summed E-state index contributed by atoms with van der Waals surface area (Å²) in [5, 5.41) is 10.5. The predicted molar refractivity (Wildman–Crippen MR) is 101 cm³/mol. The van der Waals surface area contributed by atoms with Crippen LogP contribution in [-0.2, 0) is 4.74 Å². The predicted octanol–water partition coefficient (Wildman–Crippen LogP) is 6.30. The molecule has 1 aromatic rings. The van der Waals surface area contributed by atoms with Crippen molar-refractivity contribution in [3.63, 3.8) is 0 Å². The number of carbonyl (C=O) groups excluding carboxylic acids is 1. The molecule has 1 aromatic carbocycles. The number of ether oxygens (including phenoxy) is 2. The second-order valence-corrected chi connectivity index (χ2v) is 5.09. The normalized spacial score (nSPS) is 10.9. The van der Waals surface area contributed by atoms with Gasteiger partial charge in [-0.15, -0.1) is 0 Å². The first-order valence-corrected chi connectivity index (χ1v) is 8.27. The Balaban J connectivity index is 0. The maximum atomic E-state index is 11.7. The molecule has 1 atom stereocenters. The molecule has 1 rings (SSSR count). The third kappa shape index (κ3) is 11.8. The molecular formula is C19H31NO5. The number of non-ortho nitro benzene ring substituents is 1. The van der Waals surface area contributed by atoms with Gasteiger partial charge in [0.25, 0.3) is 5.69 Å². The van der Waals surface area contributed by atoms with Crippen molar-refractivity contribution in [1.82, 2.24) is 0 Å². The molecule has 0 aliphatic rings. The highest BCUT2D eigenvalue weighted by molar-refractivity contribution is 5.64. The first-order valence-electron chi connectivity index (χ1n) is 8.27. The summed E-state index contributed by atoms with van der Waals surface area (Å²) in [4.78, 5) is 21.7. The van der Waals surface area contributed by atoms with E-state index in [0.29, 0.717) is 6.42 Å². The van der Waals surface area contributed by atoms with Crippen molar-refractivity contribution in [2.45, 2.75) is 66.9 Å². The third-order valence-corrected chi connectivity index (χ3v) is 2.66. The van der Waals surface area contributed by atoms with Crippen molar-refractivity contribution in [2.24, 2.45) is 0 Å². The molecule has 0 N–H and O–H groups in total. The Morgan fingerprint density at radius 3 is 2.20 bits per heavy atom. The number of rotatable bonds is 7. The quantitative estimate of drug-likeness (QED) is 0.189. The van der Waals surface area contributed by atoms with E-state index >= 15 is 0 Å². The van der Waals surface area contributed by atoms with Crippen molar-refractivity contribution < 1.29 is 19.2 Å². The molecule has 142 valence electrons. The zero-order valence-electron chi connectivity index (χ0n) is 14.9. The van der Waals surface area contributed by atoms with Crippen molar-refractivity contribution >= 4 is 11.8 Å². The van der Waals surface area contributed by atoms with Gasteiger partial charge in [-0.3, -0.25) is 10.1 Å². The van der Waals surface area contributed by atoms with E-state index in [4.69, 9.17) is 9.47 Å². The highest BCUT2D eigenvalue weighted by Crippen LogP contribution is 2.18. The fourth-order valence-corrected chi connectivity index (χ4v) is 1.65. The van der Waals surface area contributed by atoms with Crippen LogP contribution in [0.3, 0.4) is 0 Å². The number of carbonyl (C=O) groups is 1. The van der Waals surface area contributed by atoms with Crippen LogP contribution in [0.1, 0.15) is 60.8 Å². The molecule has 0 amide bonds. The molecule has 0 aliphatic carbocycles. The van der Waals surface area contributed by atoms with Crippen molar-refractivity contribution in [1.29, 1.82) is 0 Å². The van der Waals surface area contributed by atoms with E-state index in [9.17, 15) is 14.9 Å². The summed E-state index contributed by atoms with van der Waals surface area (Å²) in [6.45, 7) is 8.24. The smallest absolute Gasteiger partial charge is 0.426 e. The van der Waals surface area contributed by atoms with E-state index in [2.05, 4.69) is 13.8 Å². The average molecular weight is 353 g/mol. The van der Waals surface area contributed by atoms with Crippen molar-refractivity contribution in [3.8, 4) is 5.75 Å². The molecule has 0 radical (unpaired) electrons. The highest BCUT2D eigenvalue weighted by Gasteiger charge is 2.13. The average Bonchev–Trinajstić information content (AvgIpc) is 2.54. The lowest BCUT2D eigenvalue weighted by Gasteiger charge is -2.13. The van der Waals surface area contributed by atoms with Gasteiger partial charge in [-0.25, -0.2) is 4.79 Å². The topological polar surface area (TPSA) is 78.7 Å². The fraction of sp³-hybridized carbons (Fsp3) is 0.526. The number of hydrogen-bond donors (Lipinski definition) is 0. The summed E-state index contributed by atoms with van der Waals surface area (Å²) in [6.07, 6.45) is 6.33. The van der Waals surface area contributed by atoms with Crippen molar-refractivity contribution in [3.05, 3.63) is 46.5 Å². The van der Waals surface area contributed by atoms with Crippen LogP contribution in [0.15, 0.2) is 36.4 Å². The molecule has 0 heterocycles. The molecule has 25 heavy (non-hydrogen) atoms. The van der Waals surface area contributed by atoms with E-state index in [1.54, 1.807) is 0 Å². The minimum Gasteiger partial charge on any atom is -0.426 e. The van der Waals surface area contributed by atoms with Gasteiger partial charge < -0.3 is 9.47 Å². The highest BCUT2D eigenvalue weighted by atomic mass is 16.7. The van der Waals surface area contributed by atoms with Crippen LogP contribution in [0.2, 0.25) is 0 Å². The second-order valence-electron chi connectivity index (χ2n) is 5.09. The first-order chi connectivity index (χ1) is 11.5. The molecule has 0 aliphatic heterocycles. The molecule has 0 saturated heterocycles. The first kappa shape index (κ1) is 24.9. The molecule has 0 aromatic heterocycles. The van der Waals surface area contributed by atoms with Crippen LogP contribution in [0.4, 0.5) is 10.5 Å². The summed E-state index contributed by atoms with van der Waals surface area (Å²) in [7, 11) is 0. The molecule has 0 bridgehead atoms. The summed E-state index contributed by atoms with van der Waals surface area (Å²) in [5.41, 5.74) is -0.0644. The Morgan fingerprint density at radius 1 is 1.20 bits per heavy atom. The summed E-state index contributed by atoms with van der Waals surface area (Å²) >= 11 is 0. The number of nitro benzene ring substituents is 1. The number of benzene rings is 1. The van der Waals surface area contributed by atoms with E-state index in [1.165, 1.54) is 30.7 Å². The Bertz CT molecular complexity index is 511. The Hall–Kier alpha value is -2.37. The number of nitrogens with zero attached hydrogens (tertiary/aromatic N) is 1. The lowest BCUT2D eigenvalue weighted by atomic mass is 10.2. The second kappa shape index (κ2) is 15.2.